The van der Waals surface area contributed by atoms with E-state index in [4.69, 9.17) is 10.5 Å². The quantitative estimate of drug-likeness (QED) is 0.606. The zero-order valence-corrected chi connectivity index (χ0v) is 17.6. The van der Waals surface area contributed by atoms with Crippen molar-refractivity contribution in [1.82, 2.24) is 24.5 Å². The van der Waals surface area contributed by atoms with Gasteiger partial charge in [-0.3, -0.25) is 9.78 Å². The third-order valence-corrected chi connectivity index (χ3v) is 5.95. The van der Waals surface area contributed by atoms with Gasteiger partial charge >= 0.3 is 6.09 Å². The number of likely N-dealkylation sites (N-methyl/N-ethyl adjacent to an activating group) is 1. The van der Waals surface area contributed by atoms with Crippen molar-refractivity contribution in [3.8, 4) is 0 Å². The van der Waals surface area contributed by atoms with Gasteiger partial charge in [0.05, 0.1) is 37.0 Å². The first-order valence-corrected chi connectivity index (χ1v) is 10.2. The molecule has 0 aromatic carbocycles. The minimum Gasteiger partial charge on any atom is -0.441 e. The highest BCUT2D eigenvalue weighted by Gasteiger charge is 2.46. The standard InChI is InChI=1S/C20H20F2N8O3/c1-28-10-20(33-19(28)32)2-4-29(5-3-20)15-12(22)7-24-8-13(15)26-18(31)14-16(23)27-30-9-11(21)6-25-17(14)30/h6-9H,2-5,10H2,1H3,(H2,23,27)(H,26,31). The first kappa shape index (κ1) is 20.8. The Balaban J connectivity index is 1.40. The summed E-state index contributed by atoms with van der Waals surface area (Å²) >= 11 is 0. The third-order valence-electron chi connectivity index (χ3n) is 5.95. The number of amides is 2. The van der Waals surface area contributed by atoms with E-state index in [1.54, 1.807) is 11.9 Å². The Morgan fingerprint density at radius 1 is 1.24 bits per heavy atom. The van der Waals surface area contributed by atoms with Crippen LogP contribution in [0, 0.1) is 11.6 Å². The molecule has 0 radical (unpaired) electrons. The van der Waals surface area contributed by atoms with Gasteiger partial charge in [-0.05, 0) is 0 Å². The molecule has 2 amide bonds. The predicted molar refractivity (Wildman–Crippen MR) is 113 cm³/mol. The molecule has 11 nitrogen and oxygen atoms in total. The lowest BCUT2D eigenvalue weighted by Crippen LogP contribution is -2.47. The summed E-state index contributed by atoms with van der Waals surface area (Å²) in [6.07, 6.45) is 5.03. The molecule has 5 heterocycles. The van der Waals surface area contributed by atoms with Gasteiger partial charge in [0.1, 0.15) is 16.9 Å². The lowest BCUT2D eigenvalue weighted by atomic mass is 9.91. The Bertz CT molecular complexity index is 1270. The summed E-state index contributed by atoms with van der Waals surface area (Å²) in [5.41, 5.74) is 5.56. The van der Waals surface area contributed by atoms with Gasteiger partial charge in [0.25, 0.3) is 5.91 Å². The summed E-state index contributed by atoms with van der Waals surface area (Å²) in [7, 11) is 1.68. The molecular formula is C20H20F2N8O3. The summed E-state index contributed by atoms with van der Waals surface area (Å²) < 4.78 is 34.9. The van der Waals surface area contributed by atoms with Gasteiger partial charge in [0, 0.05) is 33.0 Å². The molecule has 3 aromatic heterocycles. The maximum Gasteiger partial charge on any atom is 0.410 e. The number of nitrogens with two attached hydrogens (primary N) is 1. The fourth-order valence-corrected chi connectivity index (χ4v) is 4.36. The number of halogens is 2. The van der Waals surface area contributed by atoms with Gasteiger partial charge < -0.3 is 25.6 Å². The van der Waals surface area contributed by atoms with Crippen molar-refractivity contribution in [2.24, 2.45) is 0 Å². The van der Waals surface area contributed by atoms with E-state index in [1.807, 2.05) is 0 Å². The number of anilines is 3. The molecule has 0 unspecified atom stereocenters. The second-order valence-electron chi connectivity index (χ2n) is 8.17. The fraction of sp³-hybridized carbons (Fsp3) is 0.350. The average Bonchev–Trinajstić information content (AvgIpc) is 3.23. The maximum absolute atomic E-state index is 14.9. The molecule has 2 fully saturated rings. The van der Waals surface area contributed by atoms with Crippen molar-refractivity contribution >= 4 is 34.8 Å². The van der Waals surface area contributed by atoms with E-state index < -0.39 is 23.1 Å². The van der Waals surface area contributed by atoms with Crippen LogP contribution in [0.1, 0.15) is 23.2 Å². The summed E-state index contributed by atoms with van der Waals surface area (Å²) in [5.74, 6) is -2.09. The molecule has 2 aliphatic rings. The van der Waals surface area contributed by atoms with Crippen molar-refractivity contribution in [3.05, 3.63) is 42.0 Å². The molecule has 3 N–H and O–H groups in total. The van der Waals surface area contributed by atoms with Crippen LogP contribution >= 0.6 is 0 Å². The van der Waals surface area contributed by atoms with Gasteiger partial charge in [-0.1, -0.05) is 0 Å². The summed E-state index contributed by atoms with van der Waals surface area (Å²) in [6, 6.07) is 0. The topological polar surface area (TPSA) is 131 Å². The van der Waals surface area contributed by atoms with Crippen LogP contribution in [-0.4, -0.2) is 68.8 Å². The van der Waals surface area contributed by atoms with Crippen LogP contribution in [0.25, 0.3) is 5.65 Å². The number of nitrogen functional groups attached to an aromatic ring is 1. The van der Waals surface area contributed by atoms with E-state index in [1.165, 1.54) is 11.1 Å². The van der Waals surface area contributed by atoms with Crippen LogP contribution in [0.2, 0.25) is 0 Å². The second-order valence-corrected chi connectivity index (χ2v) is 8.17. The average molecular weight is 458 g/mol. The number of ether oxygens (including phenoxy) is 1. The lowest BCUT2D eigenvalue weighted by molar-refractivity contribution is 0.0366. The Morgan fingerprint density at radius 2 is 2.00 bits per heavy atom. The smallest absolute Gasteiger partial charge is 0.410 e. The Hall–Kier alpha value is -4.03. The molecule has 2 saturated heterocycles. The molecule has 0 atom stereocenters. The lowest BCUT2D eigenvalue weighted by Gasteiger charge is -2.39. The summed E-state index contributed by atoms with van der Waals surface area (Å²) in [4.78, 5) is 35.9. The van der Waals surface area contributed by atoms with Gasteiger partial charge in [0.15, 0.2) is 23.1 Å². The number of aromatic nitrogens is 4. The Morgan fingerprint density at radius 3 is 2.70 bits per heavy atom. The van der Waals surface area contributed by atoms with E-state index in [-0.39, 0.29) is 34.5 Å². The number of fused-ring (bicyclic) bond motifs is 1. The Kier molecular flexibility index (Phi) is 4.76. The van der Waals surface area contributed by atoms with Crippen molar-refractivity contribution < 1.29 is 23.1 Å². The van der Waals surface area contributed by atoms with E-state index in [2.05, 4.69) is 20.4 Å². The van der Waals surface area contributed by atoms with Crippen LogP contribution in [0.3, 0.4) is 0 Å². The van der Waals surface area contributed by atoms with Gasteiger partial charge in [-0.2, -0.15) is 0 Å². The van der Waals surface area contributed by atoms with Crippen LogP contribution in [0.15, 0.2) is 24.8 Å². The molecule has 2 aliphatic heterocycles. The first-order valence-electron chi connectivity index (χ1n) is 10.2. The first-order chi connectivity index (χ1) is 15.8. The van der Waals surface area contributed by atoms with Crippen LogP contribution in [-0.2, 0) is 4.74 Å². The third kappa shape index (κ3) is 3.54. The monoisotopic (exact) mass is 458 g/mol. The van der Waals surface area contributed by atoms with Crippen molar-refractivity contribution in [3.63, 3.8) is 0 Å². The van der Waals surface area contributed by atoms with E-state index in [9.17, 15) is 18.4 Å². The van der Waals surface area contributed by atoms with Crippen LogP contribution in [0.5, 0.6) is 0 Å². The minimum absolute atomic E-state index is 0.0596. The molecule has 0 aliphatic carbocycles. The molecule has 5 rings (SSSR count). The van der Waals surface area contributed by atoms with Crippen molar-refractivity contribution in [1.29, 1.82) is 0 Å². The van der Waals surface area contributed by atoms with Gasteiger partial charge in [-0.25, -0.2) is 23.1 Å². The molecule has 3 aromatic rings. The zero-order valence-electron chi connectivity index (χ0n) is 17.6. The van der Waals surface area contributed by atoms with Gasteiger partial charge in [0.2, 0.25) is 0 Å². The highest BCUT2D eigenvalue weighted by Crippen LogP contribution is 2.37. The highest BCUT2D eigenvalue weighted by atomic mass is 19.1. The number of carbonyl (C=O) groups is 2. The maximum atomic E-state index is 14.9. The SMILES string of the molecule is CN1CC2(CCN(c3c(F)cncc3NC(=O)c3c(N)nn4cc(F)cnc34)CC2)OC1=O. The van der Waals surface area contributed by atoms with Crippen LogP contribution < -0.4 is 16.0 Å². The summed E-state index contributed by atoms with van der Waals surface area (Å²) in [5, 5.41) is 6.54. The number of nitrogens with one attached hydrogen (secondary N) is 1. The summed E-state index contributed by atoms with van der Waals surface area (Å²) in [6.45, 7) is 1.29. The highest BCUT2D eigenvalue weighted by molar-refractivity contribution is 6.12. The molecule has 172 valence electrons. The molecule has 0 bridgehead atoms. The number of pyridine rings is 1. The minimum atomic E-state index is -0.685. The fourth-order valence-electron chi connectivity index (χ4n) is 4.36. The number of rotatable bonds is 3. The molecule has 0 saturated carbocycles. The van der Waals surface area contributed by atoms with Gasteiger partial charge in [-0.15, -0.1) is 5.10 Å². The molecule has 1 spiro atoms. The number of hydrogen-bond acceptors (Lipinski definition) is 8. The van der Waals surface area contributed by atoms with E-state index in [0.29, 0.717) is 32.5 Å². The number of carbonyl (C=O) groups excluding carboxylic acids is 2. The Labute approximate surface area is 186 Å². The molecule has 13 heteroatoms. The number of piperidine rings is 1. The molecule has 33 heavy (non-hydrogen) atoms. The van der Waals surface area contributed by atoms with E-state index in [0.717, 1.165) is 23.1 Å². The second kappa shape index (κ2) is 7.53. The number of hydrogen-bond donors (Lipinski definition) is 2. The van der Waals surface area contributed by atoms with Crippen molar-refractivity contribution in [2.45, 2.75) is 18.4 Å². The van der Waals surface area contributed by atoms with Crippen LogP contribution in [0.4, 0.5) is 30.8 Å². The molecular weight excluding hydrogens is 438 g/mol. The predicted octanol–water partition coefficient (Wildman–Crippen LogP) is 1.66. The normalized spacial score (nSPS) is 17.6. The zero-order chi connectivity index (χ0) is 23.3. The van der Waals surface area contributed by atoms with Crippen molar-refractivity contribution in [2.75, 3.05) is 42.6 Å². The van der Waals surface area contributed by atoms with E-state index >= 15 is 0 Å². The number of nitrogens with zero attached hydrogens (tertiary/aromatic N) is 6. The largest absolute Gasteiger partial charge is 0.441 e.